The van der Waals surface area contributed by atoms with Gasteiger partial charge >= 0.3 is 0 Å². The van der Waals surface area contributed by atoms with Gasteiger partial charge in [0.1, 0.15) is 6.07 Å². The second kappa shape index (κ2) is 11.1. The van der Waals surface area contributed by atoms with E-state index in [1.807, 2.05) is 18.2 Å². The van der Waals surface area contributed by atoms with Crippen LogP contribution < -0.4 is 0 Å². The zero-order valence-electron chi connectivity index (χ0n) is 13.8. The molecule has 0 amide bonds. The molecule has 0 radical (unpaired) electrons. The monoisotopic (exact) mass is 319 g/mol. The van der Waals surface area contributed by atoms with Crippen LogP contribution in [0.2, 0.25) is 0 Å². The molecule has 1 unspecified atom stereocenters. The summed E-state index contributed by atoms with van der Waals surface area (Å²) in [6.07, 6.45) is 8.45. The summed E-state index contributed by atoms with van der Waals surface area (Å²) in [5.41, 5.74) is 1.33. The molecule has 0 aromatic heterocycles. The van der Waals surface area contributed by atoms with Crippen molar-refractivity contribution >= 4 is 0 Å². The standard InChI is InChI=1S/C21H21NO2/c22-18-20-14-8-7-13-19(20)12-6-4-2-1-3-5-10-16-23-21-15-9-11-17-24-21/h2,4,7-8,13-14,21H,5,9-11,15-17H2/b4-2-. The maximum atomic E-state index is 8.97. The first-order valence-electron chi connectivity index (χ1n) is 8.27. The van der Waals surface area contributed by atoms with Gasteiger partial charge in [0.15, 0.2) is 6.29 Å². The molecule has 0 aliphatic carbocycles. The summed E-state index contributed by atoms with van der Waals surface area (Å²) < 4.78 is 11.1. The lowest BCUT2D eigenvalue weighted by molar-refractivity contribution is -0.162. The van der Waals surface area contributed by atoms with Crippen molar-refractivity contribution in [3.63, 3.8) is 0 Å². The number of hydrogen-bond donors (Lipinski definition) is 0. The first-order valence-corrected chi connectivity index (χ1v) is 8.27. The quantitative estimate of drug-likeness (QED) is 0.626. The van der Waals surface area contributed by atoms with Crippen LogP contribution in [0.1, 0.15) is 43.2 Å². The van der Waals surface area contributed by atoms with E-state index in [-0.39, 0.29) is 6.29 Å². The Morgan fingerprint density at radius 3 is 2.79 bits per heavy atom. The van der Waals surface area contributed by atoms with E-state index in [4.69, 9.17) is 14.7 Å². The number of unbranched alkanes of at least 4 members (excludes halogenated alkanes) is 1. The van der Waals surface area contributed by atoms with Crippen LogP contribution in [0.25, 0.3) is 0 Å². The highest BCUT2D eigenvalue weighted by atomic mass is 16.7. The molecule has 2 rings (SSSR count). The van der Waals surface area contributed by atoms with E-state index >= 15 is 0 Å². The molecule has 1 saturated heterocycles. The lowest BCUT2D eigenvalue weighted by Gasteiger charge is -2.22. The summed E-state index contributed by atoms with van der Waals surface area (Å²) in [6, 6.07) is 9.42. The lowest BCUT2D eigenvalue weighted by atomic mass is 10.1. The number of benzene rings is 1. The van der Waals surface area contributed by atoms with Crippen molar-refractivity contribution in [1.29, 1.82) is 5.26 Å². The van der Waals surface area contributed by atoms with E-state index in [9.17, 15) is 0 Å². The number of allylic oxidation sites excluding steroid dienone is 2. The summed E-state index contributed by atoms with van der Waals surface area (Å²) in [5.74, 6) is 11.9. The summed E-state index contributed by atoms with van der Waals surface area (Å²) in [7, 11) is 0. The number of nitriles is 1. The van der Waals surface area contributed by atoms with Gasteiger partial charge in [0, 0.05) is 18.6 Å². The fraction of sp³-hybridized carbons (Fsp3) is 0.381. The number of rotatable bonds is 4. The van der Waals surface area contributed by atoms with Gasteiger partial charge in [0.05, 0.1) is 12.2 Å². The van der Waals surface area contributed by atoms with Gasteiger partial charge < -0.3 is 9.47 Å². The zero-order chi connectivity index (χ0) is 16.9. The van der Waals surface area contributed by atoms with Gasteiger partial charge in [-0.15, -0.1) is 0 Å². The molecule has 1 aromatic rings. The minimum atomic E-state index is -0.0156. The van der Waals surface area contributed by atoms with Crippen LogP contribution in [0.3, 0.4) is 0 Å². The Morgan fingerprint density at radius 2 is 2.00 bits per heavy atom. The summed E-state index contributed by atoms with van der Waals surface area (Å²) >= 11 is 0. The molecule has 0 N–H and O–H groups in total. The molecule has 3 nitrogen and oxygen atoms in total. The summed E-state index contributed by atoms with van der Waals surface area (Å²) in [6.45, 7) is 1.50. The first-order chi connectivity index (χ1) is 11.9. The largest absolute Gasteiger partial charge is 0.353 e. The molecule has 1 aliphatic rings. The van der Waals surface area contributed by atoms with Gasteiger partial charge in [-0.2, -0.15) is 5.26 Å². The Bertz CT molecular complexity index is 701. The molecule has 1 fully saturated rings. The van der Waals surface area contributed by atoms with Crippen LogP contribution in [0.4, 0.5) is 0 Å². The predicted molar refractivity (Wildman–Crippen MR) is 93.7 cm³/mol. The van der Waals surface area contributed by atoms with Crippen molar-refractivity contribution in [3.05, 3.63) is 47.5 Å². The Balaban J connectivity index is 1.64. The molecule has 0 saturated carbocycles. The van der Waals surface area contributed by atoms with Crippen molar-refractivity contribution < 1.29 is 9.47 Å². The number of nitrogens with zero attached hydrogens (tertiary/aromatic N) is 1. The normalized spacial score (nSPS) is 16.5. The first kappa shape index (κ1) is 17.8. The molecule has 1 aromatic carbocycles. The predicted octanol–water partition coefficient (Wildman–Crippen LogP) is 3.79. The minimum Gasteiger partial charge on any atom is -0.353 e. The van der Waals surface area contributed by atoms with Crippen molar-refractivity contribution in [2.45, 2.75) is 38.4 Å². The van der Waals surface area contributed by atoms with E-state index in [1.54, 1.807) is 18.2 Å². The van der Waals surface area contributed by atoms with E-state index in [1.165, 1.54) is 6.42 Å². The smallest absolute Gasteiger partial charge is 0.157 e. The van der Waals surface area contributed by atoms with Crippen LogP contribution in [0.5, 0.6) is 0 Å². The zero-order valence-corrected chi connectivity index (χ0v) is 13.8. The highest BCUT2D eigenvalue weighted by Crippen LogP contribution is 2.13. The average molecular weight is 319 g/mol. The maximum absolute atomic E-state index is 8.97. The van der Waals surface area contributed by atoms with Gasteiger partial charge in [-0.25, -0.2) is 0 Å². The van der Waals surface area contributed by atoms with Gasteiger partial charge in [0.2, 0.25) is 0 Å². The van der Waals surface area contributed by atoms with Crippen LogP contribution >= 0.6 is 0 Å². The summed E-state index contributed by atoms with van der Waals surface area (Å²) in [4.78, 5) is 0. The third kappa shape index (κ3) is 6.72. The molecule has 24 heavy (non-hydrogen) atoms. The van der Waals surface area contributed by atoms with E-state index in [0.717, 1.165) is 37.9 Å². The van der Waals surface area contributed by atoms with Crippen molar-refractivity contribution in [2.75, 3.05) is 13.2 Å². The molecule has 1 heterocycles. The van der Waals surface area contributed by atoms with Crippen LogP contribution in [0, 0.1) is 35.0 Å². The molecule has 3 heteroatoms. The Morgan fingerprint density at radius 1 is 1.17 bits per heavy atom. The molecule has 122 valence electrons. The molecule has 1 aliphatic heterocycles. The fourth-order valence-electron chi connectivity index (χ4n) is 2.24. The van der Waals surface area contributed by atoms with E-state index < -0.39 is 0 Å². The highest BCUT2D eigenvalue weighted by Gasteiger charge is 2.12. The highest BCUT2D eigenvalue weighted by molar-refractivity contribution is 5.48. The van der Waals surface area contributed by atoms with Gasteiger partial charge in [-0.1, -0.05) is 35.8 Å². The second-order valence-electron chi connectivity index (χ2n) is 5.35. The number of hydrogen-bond acceptors (Lipinski definition) is 3. The third-order valence-electron chi connectivity index (χ3n) is 3.49. The molecule has 0 spiro atoms. The van der Waals surface area contributed by atoms with Gasteiger partial charge in [-0.3, -0.25) is 0 Å². The Hall–Kier alpha value is -2.51. The van der Waals surface area contributed by atoms with Crippen LogP contribution in [-0.2, 0) is 9.47 Å². The SMILES string of the molecule is N#Cc1ccccc1C#C/C=C\C#CCCCOC1CCCCO1. The molecule has 0 bridgehead atoms. The van der Waals surface area contributed by atoms with Crippen molar-refractivity contribution in [3.8, 4) is 29.8 Å². The van der Waals surface area contributed by atoms with E-state index in [2.05, 4.69) is 29.8 Å². The Labute approximate surface area is 144 Å². The molecular weight excluding hydrogens is 298 g/mol. The fourth-order valence-corrected chi connectivity index (χ4v) is 2.24. The number of ether oxygens (including phenoxy) is 2. The maximum Gasteiger partial charge on any atom is 0.157 e. The van der Waals surface area contributed by atoms with E-state index in [0.29, 0.717) is 12.2 Å². The third-order valence-corrected chi connectivity index (χ3v) is 3.49. The molecule has 1 atom stereocenters. The Kier molecular flexibility index (Phi) is 8.24. The van der Waals surface area contributed by atoms with Gasteiger partial charge in [-0.05, 0) is 50.0 Å². The van der Waals surface area contributed by atoms with Gasteiger partial charge in [0.25, 0.3) is 0 Å². The second-order valence-corrected chi connectivity index (χ2v) is 5.35. The molecular formula is C21H21NO2. The summed E-state index contributed by atoms with van der Waals surface area (Å²) in [5, 5.41) is 8.97. The minimum absolute atomic E-state index is 0.0156. The van der Waals surface area contributed by atoms with Crippen molar-refractivity contribution in [2.24, 2.45) is 0 Å². The van der Waals surface area contributed by atoms with Crippen LogP contribution in [-0.4, -0.2) is 19.5 Å². The van der Waals surface area contributed by atoms with Crippen molar-refractivity contribution in [1.82, 2.24) is 0 Å². The topological polar surface area (TPSA) is 42.2 Å². The average Bonchev–Trinajstić information content (AvgIpc) is 2.64. The van der Waals surface area contributed by atoms with Crippen LogP contribution in [0.15, 0.2) is 36.4 Å². The lowest BCUT2D eigenvalue weighted by Crippen LogP contribution is -2.22.